The molecule has 2 aliphatic heterocycles. The normalized spacial score (nSPS) is 13.6. The second kappa shape index (κ2) is 10.6. The van der Waals surface area contributed by atoms with Crippen LogP contribution in [0, 0.1) is 0 Å². The zero-order valence-corrected chi connectivity index (χ0v) is 30.9. The average molecular weight is 713 g/mol. The summed E-state index contributed by atoms with van der Waals surface area (Å²) in [6.07, 6.45) is 0. The average Bonchev–Trinajstić information content (AvgIpc) is 3.94. The highest BCUT2D eigenvalue weighted by atomic mass is 28.3. The van der Waals surface area contributed by atoms with Gasteiger partial charge in [-0.3, -0.25) is 0 Å². The van der Waals surface area contributed by atoms with Crippen molar-refractivity contribution in [3.8, 4) is 33.6 Å². The van der Waals surface area contributed by atoms with E-state index in [1.54, 1.807) is 0 Å². The predicted octanol–water partition coefficient (Wildman–Crippen LogP) is 10.4. The van der Waals surface area contributed by atoms with E-state index in [2.05, 4.69) is 203 Å². The number of fused-ring (bicyclic) bond motifs is 17. The Kier molecular flexibility index (Phi) is 5.68. The lowest BCUT2D eigenvalue weighted by molar-refractivity contribution is 1.18. The van der Waals surface area contributed by atoms with E-state index < -0.39 is 8.07 Å². The van der Waals surface area contributed by atoms with Crippen molar-refractivity contribution in [2.45, 2.75) is 0 Å². The fourth-order valence-corrected chi connectivity index (χ4v) is 16.2. The van der Waals surface area contributed by atoms with Gasteiger partial charge in [0.25, 0.3) is 0 Å². The topological polar surface area (TPSA) is 9.86 Å². The maximum absolute atomic E-state index is 2.58. The molecule has 3 heteroatoms. The van der Waals surface area contributed by atoms with E-state index in [1.807, 2.05) is 0 Å². The van der Waals surface area contributed by atoms with Gasteiger partial charge in [0.2, 0.25) is 0 Å². The summed E-state index contributed by atoms with van der Waals surface area (Å²) in [5.41, 5.74) is 12.8. The van der Waals surface area contributed by atoms with E-state index in [9.17, 15) is 0 Å². The molecule has 2 aliphatic rings. The van der Waals surface area contributed by atoms with E-state index in [-0.39, 0.29) is 0 Å². The summed E-state index contributed by atoms with van der Waals surface area (Å²) < 4.78 is 4.99. The Morgan fingerprint density at radius 1 is 0.273 bits per heavy atom. The third-order valence-electron chi connectivity index (χ3n) is 12.7. The number of benzene rings is 9. The molecule has 9 aromatic carbocycles. The first kappa shape index (κ1) is 29.5. The van der Waals surface area contributed by atoms with Gasteiger partial charge in [-0.15, -0.1) is 0 Å². The number of rotatable bonds is 2. The molecule has 13 rings (SSSR count). The van der Waals surface area contributed by atoms with Gasteiger partial charge in [-0.1, -0.05) is 146 Å². The van der Waals surface area contributed by atoms with E-state index in [0.717, 1.165) is 0 Å². The van der Waals surface area contributed by atoms with Crippen LogP contribution in [0.1, 0.15) is 0 Å². The van der Waals surface area contributed by atoms with Crippen LogP contribution in [0.25, 0.3) is 88.0 Å². The van der Waals surface area contributed by atoms with Gasteiger partial charge in [0.15, 0.2) is 8.07 Å². The molecule has 2 nitrogen and oxygen atoms in total. The van der Waals surface area contributed by atoms with Crippen LogP contribution in [0.15, 0.2) is 194 Å². The molecular weight excluding hydrogens is 681 g/mol. The molecule has 0 unspecified atom stereocenters. The molecule has 0 saturated heterocycles. The number of hydrogen-bond donors (Lipinski definition) is 0. The third-order valence-corrected chi connectivity index (χ3v) is 17.6. The van der Waals surface area contributed by atoms with Gasteiger partial charge >= 0.3 is 0 Å². The van der Waals surface area contributed by atoms with Gasteiger partial charge in [-0.25, -0.2) is 0 Å². The maximum atomic E-state index is 2.56. The Balaban J connectivity index is 1.12. The zero-order valence-electron chi connectivity index (χ0n) is 29.9. The van der Waals surface area contributed by atoms with E-state index in [1.165, 1.54) is 109 Å². The lowest BCUT2D eigenvalue weighted by atomic mass is 10.1. The Morgan fingerprint density at radius 2 is 0.709 bits per heavy atom. The smallest absolute Gasteiger partial charge is 0.182 e. The lowest BCUT2D eigenvalue weighted by Gasteiger charge is -2.28. The van der Waals surface area contributed by atoms with Crippen LogP contribution in [-0.4, -0.2) is 17.2 Å². The highest BCUT2D eigenvalue weighted by Gasteiger charge is 2.53. The molecule has 2 aromatic heterocycles. The minimum atomic E-state index is -2.58. The summed E-state index contributed by atoms with van der Waals surface area (Å²) >= 11 is 0. The minimum Gasteiger partial charge on any atom is -0.309 e. The van der Waals surface area contributed by atoms with Gasteiger partial charge in [0, 0.05) is 32.9 Å². The van der Waals surface area contributed by atoms with Gasteiger partial charge in [-0.2, -0.15) is 0 Å². The van der Waals surface area contributed by atoms with E-state index >= 15 is 0 Å². The fourth-order valence-electron chi connectivity index (χ4n) is 10.5. The Morgan fingerprint density at radius 3 is 1.29 bits per heavy atom. The standard InChI is InChI=1S/C52H32N2Si/c1-2-14-34-29-35(26-25-33(34)13-1)53-45-20-8-3-15-37(45)43-32-48-44(31-47(43)53)38-16-4-9-21-46(38)54(48)36-27-28-42-41-19-7-12-24-51(41)55(52(42)30-36)49-22-10-5-17-39(49)40-18-6-11-23-50(40)55/h1-32H. The van der Waals surface area contributed by atoms with Crippen LogP contribution in [0.5, 0.6) is 0 Å². The lowest BCUT2D eigenvalue weighted by Crippen LogP contribution is -2.70. The maximum Gasteiger partial charge on any atom is 0.182 e. The molecule has 0 radical (unpaired) electrons. The fraction of sp³-hybridized carbons (Fsp3) is 0. The first-order valence-corrected chi connectivity index (χ1v) is 21.2. The minimum absolute atomic E-state index is 1.18. The van der Waals surface area contributed by atoms with Crippen molar-refractivity contribution >= 4 is 83.2 Å². The van der Waals surface area contributed by atoms with Crippen molar-refractivity contribution in [3.05, 3.63) is 194 Å². The van der Waals surface area contributed by atoms with Crippen LogP contribution < -0.4 is 20.7 Å². The van der Waals surface area contributed by atoms with E-state index in [0.29, 0.717) is 0 Å². The summed E-state index contributed by atoms with van der Waals surface area (Å²) in [7, 11) is -2.58. The Bertz CT molecular complexity index is 3390. The van der Waals surface area contributed by atoms with Crippen molar-refractivity contribution in [3.63, 3.8) is 0 Å². The molecule has 0 fully saturated rings. The van der Waals surface area contributed by atoms with Crippen molar-refractivity contribution in [2.24, 2.45) is 0 Å². The Labute approximate surface area is 318 Å². The summed E-state index contributed by atoms with van der Waals surface area (Å²) in [4.78, 5) is 0. The molecule has 55 heavy (non-hydrogen) atoms. The molecule has 0 N–H and O–H groups in total. The second-order valence-electron chi connectivity index (χ2n) is 15.2. The molecule has 11 aromatic rings. The van der Waals surface area contributed by atoms with Crippen LogP contribution in [0.4, 0.5) is 0 Å². The molecule has 254 valence electrons. The highest BCUT2D eigenvalue weighted by Crippen LogP contribution is 2.41. The van der Waals surface area contributed by atoms with Gasteiger partial charge < -0.3 is 9.13 Å². The molecule has 4 heterocycles. The van der Waals surface area contributed by atoms with Crippen molar-refractivity contribution in [1.82, 2.24) is 9.13 Å². The SMILES string of the molecule is c1ccc2c(c1)-c1ccccc1[Si]21c2ccccc2-c2ccc(-n3c4ccccc4c4cc5c(cc43)c3ccccc3n5-c3ccc4ccccc4c3)cc21. The molecule has 0 atom stereocenters. The largest absolute Gasteiger partial charge is 0.309 e. The molecule has 1 spiro atoms. The molecular formula is C52H32N2Si. The quantitative estimate of drug-likeness (QED) is 0.158. The van der Waals surface area contributed by atoms with Crippen molar-refractivity contribution < 1.29 is 0 Å². The number of para-hydroxylation sites is 2. The molecule has 0 bridgehead atoms. The zero-order chi connectivity index (χ0) is 35.8. The first-order chi connectivity index (χ1) is 27.3. The highest BCUT2D eigenvalue weighted by molar-refractivity contribution is 7.24. The molecule has 0 aliphatic carbocycles. The van der Waals surface area contributed by atoms with E-state index in [4.69, 9.17) is 0 Å². The number of nitrogens with zero attached hydrogens (tertiary/aromatic N) is 2. The second-order valence-corrected chi connectivity index (χ2v) is 18.9. The van der Waals surface area contributed by atoms with Crippen LogP contribution >= 0.6 is 0 Å². The summed E-state index contributed by atoms with van der Waals surface area (Å²) in [5, 5.41) is 13.6. The predicted molar refractivity (Wildman–Crippen MR) is 234 cm³/mol. The first-order valence-electron chi connectivity index (χ1n) is 19.2. The van der Waals surface area contributed by atoms with Crippen LogP contribution in [0.3, 0.4) is 0 Å². The Hall–Kier alpha value is -6.94. The molecule has 0 amide bonds. The van der Waals surface area contributed by atoms with Crippen LogP contribution in [-0.2, 0) is 0 Å². The third kappa shape index (κ3) is 3.68. The summed E-state index contributed by atoms with van der Waals surface area (Å²) in [5.74, 6) is 0. The van der Waals surface area contributed by atoms with Gasteiger partial charge in [-0.05, 0) is 102 Å². The van der Waals surface area contributed by atoms with Gasteiger partial charge in [0.05, 0.1) is 22.1 Å². The molecule has 0 saturated carbocycles. The van der Waals surface area contributed by atoms with Gasteiger partial charge in [0.1, 0.15) is 0 Å². The summed E-state index contributed by atoms with van der Waals surface area (Å²) in [6, 6.07) is 73.2. The number of aromatic nitrogens is 2. The monoisotopic (exact) mass is 712 g/mol. The van der Waals surface area contributed by atoms with Crippen LogP contribution in [0.2, 0.25) is 0 Å². The summed E-state index contributed by atoms with van der Waals surface area (Å²) in [6.45, 7) is 0. The van der Waals surface area contributed by atoms with Crippen molar-refractivity contribution in [2.75, 3.05) is 0 Å². The number of hydrogen-bond acceptors (Lipinski definition) is 0. The van der Waals surface area contributed by atoms with Crippen molar-refractivity contribution in [1.29, 1.82) is 0 Å².